The van der Waals surface area contributed by atoms with Gasteiger partial charge in [0.05, 0.1) is 12.0 Å². The predicted octanol–water partition coefficient (Wildman–Crippen LogP) is 1.68. The number of benzene rings is 1. The number of hydrogen-bond acceptors (Lipinski definition) is 5. The summed E-state index contributed by atoms with van der Waals surface area (Å²) in [6.07, 6.45) is 2.48. The lowest BCUT2D eigenvalue weighted by atomic mass is 9.61. The Balaban J connectivity index is 1.65. The van der Waals surface area contributed by atoms with Crippen LogP contribution in [0.15, 0.2) is 12.1 Å². The molecule has 1 heterocycles. The maximum atomic E-state index is 11.9. The van der Waals surface area contributed by atoms with Crippen LogP contribution >= 0.6 is 0 Å². The highest BCUT2D eigenvalue weighted by Gasteiger charge is 2.66. The lowest BCUT2D eigenvalue weighted by Gasteiger charge is -2.53. The van der Waals surface area contributed by atoms with Gasteiger partial charge in [0, 0.05) is 17.9 Å². The smallest absolute Gasteiger partial charge is 0.165 e. The number of rotatable bonds is 4. The number of aromatic hydroxyl groups is 1. The van der Waals surface area contributed by atoms with Gasteiger partial charge in [0.15, 0.2) is 17.5 Å². The van der Waals surface area contributed by atoms with Gasteiger partial charge >= 0.3 is 0 Å². The Morgan fingerprint density at radius 3 is 2.73 bits per heavy atom. The average Bonchev–Trinajstić information content (AvgIpc) is 3.32. The molecule has 1 aromatic carbocycles. The Hall–Kier alpha value is -1.34. The molecule has 6 atom stereocenters. The van der Waals surface area contributed by atoms with Crippen molar-refractivity contribution in [1.82, 2.24) is 0 Å². The molecule has 2 unspecified atom stereocenters. The number of quaternary nitrogens is 1. The number of phenols is 1. The number of likely N-dealkylation sites (N-methyl/N-ethyl adjacent to an activating group) is 1. The van der Waals surface area contributed by atoms with Crippen LogP contribution in [0.5, 0.6) is 11.5 Å². The average molecular weight is 362 g/mol. The number of nitrogens with zero attached hydrogens (tertiary/aromatic N) is 1. The number of hydrogen-bond donors (Lipinski definition) is 4. The molecule has 1 aliphatic heterocycles. The molecule has 0 aromatic heterocycles. The van der Waals surface area contributed by atoms with E-state index in [1.165, 1.54) is 0 Å². The van der Waals surface area contributed by atoms with Crippen LogP contribution in [-0.2, 0) is 6.42 Å². The van der Waals surface area contributed by atoms with Crippen LogP contribution in [0.25, 0.3) is 0 Å². The van der Waals surface area contributed by atoms with E-state index in [2.05, 4.69) is 0 Å². The molecule has 6 heteroatoms. The van der Waals surface area contributed by atoms with E-state index in [0.29, 0.717) is 44.0 Å². The molecule has 2 fully saturated rings. The van der Waals surface area contributed by atoms with Gasteiger partial charge in [-0.1, -0.05) is 6.07 Å². The maximum Gasteiger partial charge on any atom is 0.165 e. The minimum absolute atomic E-state index is 0.0596. The standard InChI is InChI=1S/C20H27NO5/c1-2-21(25,10-11-3-4-11)15-9-12-5-6-13(22)18-16(12)17-19(26-18)14(23)7-8-20(15,17)24/h5-6,11,14-15,17,19,23-25H,2-4,7-10H2,1H3/p+1/t14-,15+,17?,19-,20+,21?/m0/s1. The van der Waals surface area contributed by atoms with E-state index in [1.807, 2.05) is 13.0 Å². The first kappa shape index (κ1) is 16.8. The molecule has 5 rings (SSSR count). The van der Waals surface area contributed by atoms with E-state index in [1.54, 1.807) is 6.07 Å². The summed E-state index contributed by atoms with van der Waals surface area (Å²) in [5, 5.41) is 44.1. The second kappa shape index (κ2) is 5.35. The molecule has 0 saturated heterocycles. The van der Waals surface area contributed by atoms with Crippen molar-refractivity contribution in [3.8, 4) is 11.5 Å². The summed E-state index contributed by atoms with van der Waals surface area (Å²) >= 11 is 0. The van der Waals surface area contributed by atoms with Crippen molar-refractivity contribution in [2.24, 2.45) is 5.92 Å². The van der Waals surface area contributed by atoms with Crippen molar-refractivity contribution in [3.05, 3.63) is 23.3 Å². The van der Waals surface area contributed by atoms with Gasteiger partial charge in [0.1, 0.15) is 24.8 Å². The van der Waals surface area contributed by atoms with E-state index < -0.39 is 23.7 Å². The molecule has 0 spiro atoms. The van der Waals surface area contributed by atoms with E-state index in [9.17, 15) is 20.5 Å². The second-order valence-corrected chi connectivity index (χ2v) is 8.79. The van der Waals surface area contributed by atoms with Gasteiger partial charge in [-0.2, -0.15) is 4.65 Å². The molecular weight excluding hydrogens is 334 g/mol. The molecule has 26 heavy (non-hydrogen) atoms. The van der Waals surface area contributed by atoms with Crippen molar-refractivity contribution < 1.29 is 29.9 Å². The van der Waals surface area contributed by atoms with Crippen molar-refractivity contribution in [2.75, 3.05) is 13.1 Å². The molecular formula is C20H28NO5+. The third-order valence-electron chi connectivity index (χ3n) is 7.31. The molecule has 142 valence electrons. The zero-order chi connectivity index (χ0) is 18.3. The molecule has 0 amide bonds. The number of aliphatic hydroxyl groups excluding tert-OH is 1. The first-order valence-corrected chi connectivity index (χ1v) is 9.88. The van der Waals surface area contributed by atoms with E-state index in [0.717, 1.165) is 24.0 Å². The van der Waals surface area contributed by atoms with E-state index >= 15 is 0 Å². The highest BCUT2D eigenvalue weighted by atomic mass is 16.6. The first-order chi connectivity index (χ1) is 12.4. The quantitative estimate of drug-likeness (QED) is 0.483. The SMILES string of the molecule is CC[N+](O)(CC1CC1)[C@@H]1Cc2ccc(O)c3c2C2[C@@H](O3)[C@@H](O)CC[C@]21O. The molecule has 0 bridgehead atoms. The lowest BCUT2D eigenvalue weighted by Crippen LogP contribution is -2.70. The van der Waals surface area contributed by atoms with Gasteiger partial charge in [0.25, 0.3) is 0 Å². The Bertz CT molecular complexity index is 750. The topological polar surface area (TPSA) is 90.2 Å². The fraction of sp³-hybridized carbons (Fsp3) is 0.700. The first-order valence-electron chi connectivity index (χ1n) is 9.88. The highest BCUT2D eigenvalue weighted by molar-refractivity contribution is 5.58. The summed E-state index contributed by atoms with van der Waals surface area (Å²) in [4.78, 5) is 0. The Kier molecular flexibility index (Phi) is 3.46. The summed E-state index contributed by atoms with van der Waals surface area (Å²) in [5.74, 6) is 0.595. The molecule has 4 aliphatic rings. The Morgan fingerprint density at radius 2 is 2.04 bits per heavy atom. The molecule has 2 saturated carbocycles. The van der Waals surface area contributed by atoms with Crippen LogP contribution in [0.1, 0.15) is 49.7 Å². The minimum Gasteiger partial charge on any atom is -0.504 e. The molecule has 1 aromatic rings. The minimum atomic E-state index is -1.14. The fourth-order valence-corrected chi connectivity index (χ4v) is 5.74. The Labute approximate surface area is 153 Å². The van der Waals surface area contributed by atoms with Crippen LogP contribution in [-0.4, -0.2) is 62.1 Å². The molecule has 4 N–H and O–H groups in total. The maximum absolute atomic E-state index is 11.9. The fourth-order valence-electron chi connectivity index (χ4n) is 5.74. The summed E-state index contributed by atoms with van der Waals surface area (Å²) in [6.45, 7) is 3.19. The van der Waals surface area contributed by atoms with Gasteiger partial charge in [0.2, 0.25) is 0 Å². The van der Waals surface area contributed by atoms with Gasteiger partial charge in [-0.25, -0.2) is 5.21 Å². The normalized spacial score (nSPS) is 39.8. The van der Waals surface area contributed by atoms with Crippen molar-refractivity contribution >= 4 is 0 Å². The number of aliphatic hydroxyl groups is 2. The monoisotopic (exact) mass is 362 g/mol. The van der Waals surface area contributed by atoms with Crippen LogP contribution in [0, 0.1) is 5.92 Å². The predicted molar refractivity (Wildman–Crippen MR) is 93.1 cm³/mol. The van der Waals surface area contributed by atoms with Gasteiger partial charge in [-0.3, -0.25) is 0 Å². The van der Waals surface area contributed by atoms with E-state index in [4.69, 9.17) is 4.74 Å². The second-order valence-electron chi connectivity index (χ2n) is 8.79. The Morgan fingerprint density at radius 1 is 1.27 bits per heavy atom. The van der Waals surface area contributed by atoms with Crippen molar-refractivity contribution in [1.29, 1.82) is 0 Å². The van der Waals surface area contributed by atoms with Crippen LogP contribution < -0.4 is 4.74 Å². The summed E-state index contributed by atoms with van der Waals surface area (Å²) in [5.41, 5.74) is 0.701. The van der Waals surface area contributed by atoms with Gasteiger partial charge in [-0.05, 0) is 44.2 Å². The largest absolute Gasteiger partial charge is 0.504 e. The van der Waals surface area contributed by atoms with Crippen molar-refractivity contribution in [2.45, 2.75) is 68.8 Å². The third kappa shape index (κ3) is 2.13. The van der Waals surface area contributed by atoms with Gasteiger partial charge in [-0.15, -0.1) is 0 Å². The zero-order valence-electron chi connectivity index (χ0n) is 15.1. The number of hydroxylamine groups is 3. The molecule has 3 aliphatic carbocycles. The van der Waals surface area contributed by atoms with Gasteiger partial charge < -0.3 is 20.1 Å². The molecule has 6 nitrogen and oxygen atoms in total. The summed E-state index contributed by atoms with van der Waals surface area (Å²) in [6, 6.07) is 3.16. The van der Waals surface area contributed by atoms with Crippen LogP contribution in [0.4, 0.5) is 0 Å². The lowest BCUT2D eigenvalue weighted by molar-refractivity contribution is -1.12. The van der Waals surface area contributed by atoms with Crippen LogP contribution in [0.2, 0.25) is 0 Å². The summed E-state index contributed by atoms with van der Waals surface area (Å²) < 4.78 is 5.82. The number of phenolic OH excluding ortho intramolecular Hbond substituents is 1. The third-order valence-corrected chi connectivity index (χ3v) is 7.31. The summed E-state index contributed by atoms with van der Waals surface area (Å²) in [7, 11) is 0. The highest BCUT2D eigenvalue weighted by Crippen LogP contribution is 2.59. The zero-order valence-corrected chi connectivity index (χ0v) is 15.1. The molecule has 0 radical (unpaired) electrons. The van der Waals surface area contributed by atoms with E-state index in [-0.39, 0.29) is 16.4 Å². The number of ether oxygens (including phenoxy) is 1. The van der Waals surface area contributed by atoms with Crippen molar-refractivity contribution in [3.63, 3.8) is 0 Å². The van der Waals surface area contributed by atoms with Crippen LogP contribution in [0.3, 0.4) is 0 Å².